The van der Waals surface area contributed by atoms with Crippen LogP contribution in [-0.2, 0) is 22.0 Å². The van der Waals surface area contributed by atoms with Crippen LogP contribution in [0.1, 0.15) is 30.9 Å². The molecule has 0 aliphatic rings. The van der Waals surface area contributed by atoms with Gasteiger partial charge in [-0.25, -0.2) is 0 Å². The molecular formula is C14H16F6O3. The molecule has 0 saturated heterocycles. The maximum absolute atomic E-state index is 13.6. The Morgan fingerprint density at radius 2 is 1.65 bits per heavy atom. The molecule has 0 aliphatic heterocycles. The fourth-order valence-corrected chi connectivity index (χ4v) is 1.69. The summed E-state index contributed by atoms with van der Waals surface area (Å²) in [6, 6.07) is 3.46. The number of aliphatic hydroxyl groups is 1. The van der Waals surface area contributed by atoms with Crippen LogP contribution in [0.2, 0.25) is 0 Å². The molecule has 0 aromatic heterocycles. The number of aliphatic hydroxyl groups excluding tert-OH is 1. The fourth-order valence-electron chi connectivity index (χ4n) is 1.69. The highest BCUT2D eigenvalue weighted by atomic mass is 19.3. The second-order valence-electron chi connectivity index (χ2n) is 4.72. The van der Waals surface area contributed by atoms with Crippen molar-refractivity contribution in [3.63, 3.8) is 0 Å². The topological polar surface area (TPSA) is 38.7 Å². The van der Waals surface area contributed by atoms with E-state index in [1.165, 1.54) is 0 Å². The zero-order chi connectivity index (χ0) is 17.7. The molecule has 0 saturated carbocycles. The van der Waals surface area contributed by atoms with Gasteiger partial charge < -0.3 is 9.84 Å². The summed E-state index contributed by atoms with van der Waals surface area (Å²) >= 11 is 0. The van der Waals surface area contributed by atoms with Crippen LogP contribution in [-0.4, -0.2) is 24.1 Å². The first-order valence-corrected chi connectivity index (χ1v) is 6.71. The normalized spacial score (nSPS) is 14.3. The number of hydrogen-bond donors (Lipinski definition) is 1. The lowest BCUT2D eigenvalue weighted by Crippen LogP contribution is -2.41. The molecule has 132 valence electrons. The average molecular weight is 346 g/mol. The summed E-state index contributed by atoms with van der Waals surface area (Å²) in [5.74, 6) is -4.93. The quantitative estimate of drug-likeness (QED) is 0.537. The predicted octanol–water partition coefficient (Wildman–Crippen LogP) is 4.25. The van der Waals surface area contributed by atoms with E-state index in [2.05, 4.69) is 4.74 Å². The Balaban J connectivity index is 2.78. The van der Waals surface area contributed by atoms with Gasteiger partial charge in [-0.2, -0.15) is 26.3 Å². The molecule has 0 heterocycles. The lowest BCUT2D eigenvalue weighted by Gasteiger charge is -2.26. The van der Waals surface area contributed by atoms with Crippen LogP contribution in [0.15, 0.2) is 24.3 Å². The number of benzene rings is 1. The third kappa shape index (κ3) is 5.36. The molecule has 1 atom stereocenters. The van der Waals surface area contributed by atoms with Crippen LogP contribution in [0.3, 0.4) is 0 Å². The molecule has 0 fully saturated rings. The van der Waals surface area contributed by atoms with E-state index in [4.69, 9.17) is 4.74 Å². The zero-order valence-electron chi connectivity index (χ0n) is 12.1. The van der Waals surface area contributed by atoms with Crippen molar-refractivity contribution in [3.05, 3.63) is 35.4 Å². The molecule has 0 spiro atoms. The Bertz CT molecular complexity index is 478. The van der Waals surface area contributed by atoms with Crippen LogP contribution < -0.4 is 0 Å². The van der Waals surface area contributed by atoms with Gasteiger partial charge in [-0.1, -0.05) is 37.6 Å². The first-order valence-electron chi connectivity index (χ1n) is 6.71. The summed E-state index contributed by atoms with van der Waals surface area (Å²) in [5.41, 5.74) is -0.834. The average Bonchev–Trinajstić information content (AvgIpc) is 2.44. The van der Waals surface area contributed by atoms with Gasteiger partial charge in [0.1, 0.15) is 0 Å². The smallest absolute Gasteiger partial charge is 0.368 e. The van der Waals surface area contributed by atoms with E-state index in [1.54, 1.807) is 0 Å². The summed E-state index contributed by atoms with van der Waals surface area (Å²) in [5, 5.41) is 9.36. The molecule has 0 aliphatic carbocycles. The van der Waals surface area contributed by atoms with Crippen molar-refractivity contribution in [2.24, 2.45) is 0 Å². The largest absolute Gasteiger partial charge is 0.428 e. The second-order valence-corrected chi connectivity index (χ2v) is 4.72. The van der Waals surface area contributed by atoms with Crippen LogP contribution in [0.25, 0.3) is 0 Å². The molecule has 23 heavy (non-hydrogen) atoms. The van der Waals surface area contributed by atoms with Crippen molar-refractivity contribution in [1.82, 2.24) is 0 Å². The second kappa shape index (κ2) is 7.98. The molecule has 9 heteroatoms. The number of halogens is 6. The lowest BCUT2D eigenvalue weighted by molar-refractivity contribution is -0.399. The Morgan fingerprint density at radius 3 is 2.13 bits per heavy atom. The van der Waals surface area contributed by atoms with Crippen molar-refractivity contribution in [1.29, 1.82) is 0 Å². The predicted molar refractivity (Wildman–Crippen MR) is 68.1 cm³/mol. The number of alkyl halides is 6. The summed E-state index contributed by atoms with van der Waals surface area (Å²) in [6.45, 7) is -2.33. The van der Waals surface area contributed by atoms with E-state index in [-0.39, 0.29) is 6.61 Å². The number of hydrogen-bond acceptors (Lipinski definition) is 3. The Morgan fingerprint density at radius 1 is 1.09 bits per heavy atom. The zero-order valence-corrected chi connectivity index (χ0v) is 12.1. The van der Waals surface area contributed by atoms with E-state index < -0.39 is 30.5 Å². The maximum atomic E-state index is 13.6. The molecule has 1 aromatic carbocycles. The van der Waals surface area contributed by atoms with Gasteiger partial charge in [0.25, 0.3) is 0 Å². The highest BCUT2D eigenvalue weighted by Crippen LogP contribution is 2.44. The van der Waals surface area contributed by atoms with Crippen molar-refractivity contribution < 1.29 is 40.9 Å². The van der Waals surface area contributed by atoms with Crippen LogP contribution in [0, 0.1) is 0 Å². The van der Waals surface area contributed by atoms with Crippen molar-refractivity contribution in [3.8, 4) is 0 Å². The van der Waals surface area contributed by atoms with Crippen molar-refractivity contribution in [2.75, 3.05) is 0 Å². The first-order chi connectivity index (χ1) is 10.6. The molecule has 0 bridgehead atoms. The van der Waals surface area contributed by atoms with Crippen LogP contribution in [0.5, 0.6) is 0 Å². The minimum Gasteiger partial charge on any atom is -0.368 e. The Labute approximate surface area is 128 Å². The molecule has 1 rings (SSSR count). The van der Waals surface area contributed by atoms with Gasteiger partial charge in [0.2, 0.25) is 0 Å². The SMILES string of the molecule is CCCC(O)OCc1ccc(C(F)(F)C(F)(F)OC(F)F)cc1. The maximum Gasteiger partial charge on any atom is 0.428 e. The Hall–Kier alpha value is -1.32. The Kier molecular flexibility index (Phi) is 6.84. The van der Waals surface area contributed by atoms with Crippen molar-refractivity contribution in [2.45, 2.75) is 51.3 Å². The highest BCUT2D eigenvalue weighted by Gasteiger charge is 2.60. The number of rotatable bonds is 9. The monoisotopic (exact) mass is 346 g/mol. The van der Waals surface area contributed by atoms with E-state index in [0.29, 0.717) is 30.5 Å². The van der Waals surface area contributed by atoms with Gasteiger partial charge in [0, 0.05) is 5.56 Å². The summed E-state index contributed by atoms with van der Waals surface area (Å²) in [7, 11) is 0. The summed E-state index contributed by atoms with van der Waals surface area (Å²) in [4.78, 5) is 0. The van der Waals surface area contributed by atoms with Gasteiger partial charge in [0.05, 0.1) is 6.61 Å². The molecule has 3 nitrogen and oxygen atoms in total. The third-order valence-electron chi connectivity index (χ3n) is 2.90. The van der Waals surface area contributed by atoms with E-state index in [9.17, 15) is 31.4 Å². The van der Waals surface area contributed by atoms with E-state index >= 15 is 0 Å². The highest BCUT2D eigenvalue weighted by molar-refractivity contribution is 5.26. The van der Waals surface area contributed by atoms with E-state index in [0.717, 1.165) is 12.1 Å². The molecule has 0 amide bonds. The molecule has 0 radical (unpaired) electrons. The van der Waals surface area contributed by atoms with E-state index in [1.807, 2.05) is 6.92 Å². The van der Waals surface area contributed by atoms with Gasteiger partial charge in [-0.3, -0.25) is 4.74 Å². The minimum atomic E-state index is -5.35. The lowest BCUT2D eigenvalue weighted by atomic mass is 10.1. The molecule has 1 aromatic rings. The summed E-state index contributed by atoms with van der Waals surface area (Å²) in [6.07, 6.45) is -5.32. The van der Waals surface area contributed by atoms with Gasteiger partial charge in [0.15, 0.2) is 6.29 Å². The number of ether oxygens (including phenoxy) is 2. The minimum absolute atomic E-state index is 0.114. The third-order valence-corrected chi connectivity index (χ3v) is 2.90. The molecular weight excluding hydrogens is 330 g/mol. The van der Waals surface area contributed by atoms with Crippen LogP contribution in [0.4, 0.5) is 26.3 Å². The van der Waals surface area contributed by atoms with Gasteiger partial charge in [-0.15, -0.1) is 0 Å². The fraction of sp³-hybridized carbons (Fsp3) is 0.571. The van der Waals surface area contributed by atoms with Crippen molar-refractivity contribution >= 4 is 0 Å². The summed E-state index contributed by atoms with van der Waals surface area (Å²) < 4.78 is 84.6. The molecule has 1 N–H and O–H groups in total. The standard InChI is InChI=1S/C14H16F6O3/c1-2-3-11(21)22-8-9-4-6-10(7-5-9)13(17,18)14(19,20)23-12(15)16/h4-7,11-12,21H,2-3,8H2,1H3. The van der Waals surface area contributed by atoms with Crippen LogP contribution >= 0.6 is 0 Å². The van der Waals surface area contributed by atoms with Gasteiger partial charge in [-0.05, 0) is 12.0 Å². The molecule has 1 unspecified atom stereocenters. The first kappa shape index (κ1) is 19.7. The van der Waals surface area contributed by atoms with Gasteiger partial charge >= 0.3 is 18.6 Å².